The van der Waals surface area contributed by atoms with Crippen LogP contribution >= 0.6 is 0 Å². The average molecular weight is 1270 g/mol. The number of ether oxygens (including phenoxy) is 8. The topological polar surface area (TPSA) is 580 Å². The predicted octanol–water partition coefficient (Wildman–Crippen LogP) is -0.840. The Morgan fingerprint density at radius 3 is 1.50 bits per heavy atom. The van der Waals surface area contributed by atoms with Gasteiger partial charge in [-0.1, -0.05) is 13.8 Å². The molecular weight excluding hydrogens is 1220 g/mol. The number of aromatic hydroxyl groups is 13. The lowest BCUT2D eigenvalue weighted by Crippen LogP contribution is -2.69. The van der Waals surface area contributed by atoms with Gasteiger partial charge in [0.2, 0.25) is 51.8 Å². The van der Waals surface area contributed by atoms with Crippen LogP contribution in [0.25, 0.3) is 22.3 Å². The van der Waals surface area contributed by atoms with Gasteiger partial charge in [0, 0.05) is 46.7 Å². The van der Waals surface area contributed by atoms with Crippen LogP contribution in [-0.2, 0) is 47.8 Å². The summed E-state index contributed by atoms with van der Waals surface area (Å²) in [4.78, 5) is 93.1. The number of rotatable bonds is 0. The standard InChI is InChI=1S/C54H46O36/c1-11-41-24-9-79-48(70)15-5-21(34(62)38(66)28(15)27-14(49(71)85-41)4-18(56)31(59)36(27)64)82-46-16(6-26(58)53(75,76)54(46,77)78)50(72)86-43-12(2)42-25(84-51(43)73)10-80-47(69)13-3-17(55)32(60)37(65)29(13)30-20(87-89-42)8-22(35(63)39(30)67)81-45-23(7-19(57)33(61)40(45)68)88-90-44(11)52(74)83-24/h3-8,11-12,24-25,41-44,46,51-52,55-57,59-68,73-78H,9-10H2,1-2H3/t11-,12+,24-,25?,41?,42+,43?,44-,46?,51?,52?/m1/s1. The number of phenols is 13. The van der Waals surface area contributed by atoms with Crippen molar-refractivity contribution in [1.82, 2.24) is 0 Å². The fourth-order valence-electron chi connectivity index (χ4n) is 10.7. The van der Waals surface area contributed by atoms with Crippen LogP contribution in [0.15, 0.2) is 42.0 Å². The van der Waals surface area contributed by atoms with Gasteiger partial charge in [-0.3, -0.25) is 4.79 Å². The van der Waals surface area contributed by atoms with E-state index >= 15 is 0 Å². The summed E-state index contributed by atoms with van der Waals surface area (Å²) < 4.78 is 44.7. The van der Waals surface area contributed by atoms with Gasteiger partial charge in [0.25, 0.3) is 11.6 Å². The van der Waals surface area contributed by atoms with Gasteiger partial charge in [0.1, 0.15) is 37.6 Å². The van der Waals surface area contributed by atoms with Crippen molar-refractivity contribution in [3.63, 3.8) is 0 Å². The first-order valence-electron chi connectivity index (χ1n) is 25.9. The summed E-state index contributed by atoms with van der Waals surface area (Å²) in [5, 5.41) is 213. The number of fused-ring (bicyclic) bond motifs is 7. The van der Waals surface area contributed by atoms with Crippen LogP contribution < -0.4 is 19.2 Å². The van der Waals surface area contributed by atoms with E-state index in [1.807, 2.05) is 0 Å². The molecule has 6 aliphatic heterocycles. The van der Waals surface area contributed by atoms with E-state index in [0.717, 1.165) is 6.92 Å². The van der Waals surface area contributed by atoms with Gasteiger partial charge >= 0.3 is 23.9 Å². The Morgan fingerprint density at radius 1 is 0.433 bits per heavy atom. The molecule has 12 rings (SSSR count). The lowest BCUT2D eigenvalue weighted by molar-refractivity contribution is -0.358. The van der Waals surface area contributed by atoms with Gasteiger partial charge in [-0.2, -0.15) is 9.78 Å². The van der Waals surface area contributed by atoms with Gasteiger partial charge in [0.05, 0.1) is 27.8 Å². The maximum Gasteiger partial charge on any atom is 0.339 e. The molecule has 2 fully saturated rings. The maximum absolute atomic E-state index is 14.5. The Labute approximate surface area is 497 Å². The molecule has 0 spiro atoms. The van der Waals surface area contributed by atoms with Gasteiger partial charge in [-0.15, -0.1) is 0 Å². The second-order valence-corrected chi connectivity index (χ2v) is 20.9. The summed E-state index contributed by atoms with van der Waals surface area (Å²) in [7, 11) is 0. The molecule has 0 saturated carbocycles. The molecule has 90 heavy (non-hydrogen) atoms. The maximum atomic E-state index is 14.5. The van der Waals surface area contributed by atoms with Gasteiger partial charge in [0.15, 0.2) is 88.4 Å². The lowest BCUT2D eigenvalue weighted by atomic mass is 9.84. The summed E-state index contributed by atoms with van der Waals surface area (Å²) in [5.74, 6) is -45.6. The van der Waals surface area contributed by atoms with Crippen molar-refractivity contribution in [3.8, 4) is 126 Å². The third-order valence-electron chi connectivity index (χ3n) is 15.5. The van der Waals surface area contributed by atoms with Crippen molar-refractivity contribution in [3.05, 3.63) is 58.7 Å². The number of benzene rings is 5. The lowest BCUT2D eigenvalue weighted by Gasteiger charge is -2.43. The van der Waals surface area contributed by atoms with Gasteiger partial charge < -0.3 is 145 Å². The fraction of sp³-hybridized carbons (Fsp3) is 0.315. The van der Waals surface area contributed by atoms with Crippen LogP contribution in [0, 0.1) is 11.8 Å². The van der Waals surface area contributed by atoms with E-state index in [-0.39, 0.29) is 6.08 Å². The summed E-state index contributed by atoms with van der Waals surface area (Å²) in [5.41, 5.74) is -9.11. The second kappa shape index (κ2) is 21.7. The molecule has 6 unspecified atom stereocenters. The Hall–Kier alpha value is -10.4. The monoisotopic (exact) mass is 1270 g/mol. The first-order valence-corrected chi connectivity index (χ1v) is 25.9. The van der Waals surface area contributed by atoms with Crippen molar-refractivity contribution in [2.45, 2.75) is 80.7 Å². The molecule has 0 radical (unpaired) electrons. The summed E-state index contributed by atoms with van der Waals surface area (Å²) >= 11 is 0. The Bertz CT molecular complexity index is 3940. The van der Waals surface area contributed by atoms with Gasteiger partial charge in [-0.25, -0.2) is 19.2 Å². The number of carbonyl (C=O) groups excluding carboxylic acids is 5. The SMILES string of the molecule is C[C@@H]1C2OC(=O)C3=CC(=O)C(O)(O)C(O)(O)C3Oc3cc4c(c(O)c3O)-c3c(cc(O)c(O)c3O)C(=O)OC3[C@@H](C)[C@@H](OOc5cc(O)c(O)c(O)c5Oc5cc6c(c(O)c5O)-c5c(cc(O)c(O)c5O)C(=O)OCC(OC2O)[C@H]1OO6)C(O)O[C@@H]3COC4=O. The van der Waals surface area contributed by atoms with Crippen molar-refractivity contribution in [2.75, 3.05) is 13.2 Å². The van der Waals surface area contributed by atoms with Gasteiger partial charge in [-0.05, 0) is 18.2 Å². The zero-order chi connectivity index (χ0) is 65.4. The molecule has 11 atom stereocenters. The molecule has 19 N–H and O–H groups in total. The summed E-state index contributed by atoms with van der Waals surface area (Å²) in [6.45, 7) is 0.113. The van der Waals surface area contributed by atoms with Crippen LogP contribution in [0.1, 0.15) is 44.9 Å². The smallest absolute Gasteiger partial charge is 0.339 e. The van der Waals surface area contributed by atoms with E-state index < -0.39 is 270 Å². The van der Waals surface area contributed by atoms with E-state index in [1.54, 1.807) is 0 Å². The predicted molar refractivity (Wildman–Crippen MR) is 274 cm³/mol. The number of cyclic esters (lactones) is 1. The molecule has 0 aromatic heterocycles. The van der Waals surface area contributed by atoms with Crippen molar-refractivity contribution in [1.29, 1.82) is 0 Å². The number of phenolic OH excluding ortho intramolecular Hbond substituents is 13. The third-order valence-corrected chi connectivity index (χ3v) is 15.5. The van der Waals surface area contributed by atoms with Crippen LogP contribution in [0.3, 0.4) is 0 Å². The van der Waals surface area contributed by atoms with E-state index in [2.05, 4.69) is 0 Å². The molecule has 1 aliphatic carbocycles. The van der Waals surface area contributed by atoms with E-state index in [0.29, 0.717) is 30.3 Å². The molecule has 36 nitrogen and oxygen atoms in total. The first kappa shape index (κ1) is 61.2. The second-order valence-electron chi connectivity index (χ2n) is 20.9. The molecule has 9 bridgehead atoms. The Kier molecular flexibility index (Phi) is 14.8. The first-order chi connectivity index (χ1) is 42.3. The number of hydrogen-bond donors (Lipinski definition) is 19. The van der Waals surface area contributed by atoms with Crippen molar-refractivity contribution < 1.29 is 178 Å². The Balaban J connectivity index is 1.12. The molecule has 7 aliphatic rings. The minimum absolute atomic E-state index is 0.00148. The van der Waals surface area contributed by atoms with Crippen molar-refractivity contribution in [2.24, 2.45) is 11.8 Å². The molecule has 2 saturated heterocycles. The molecule has 6 heterocycles. The minimum Gasteiger partial charge on any atom is -0.504 e. The highest BCUT2D eigenvalue weighted by Gasteiger charge is 2.65. The van der Waals surface area contributed by atoms with E-state index in [9.17, 15) is 121 Å². The minimum atomic E-state index is -4.50. The van der Waals surface area contributed by atoms with E-state index in [1.165, 1.54) is 6.92 Å². The van der Waals surface area contributed by atoms with Crippen LogP contribution in [0.2, 0.25) is 0 Å². The number of hydrogen-bond acceptors (Lipinski definition) is 36. The number of aliphatic hydroxyl groups excluding tert-OH is 2. The molecule has 36 heteroatoms. The number of esters is 4. The normalized spacial score (nSPS) is 27.0. The highest BCUT2D eigenvalue weighted by Crippen LogP contribution is 2.59. The number of ketones is 1. The highest BCUT2D eigenvalue weighted by molar-refractivity contribution is 6.09. The number of carbonyl (C=O) groups is 5. The molecular formula is C54H46O36. The Morgan fingerprint density at radius 2 is 0.889 bits per heavy atom. The van der Waals surface area contributed by atoms with Crippen molar-refractivity contribution >= 4 is 29.7 Å². The summed E-state index contributed by atoms with van der Waals surface area (Å²) in [6, 6.07) is 2.29. The largest absolute Gasteiger partial charge is 0.504 e. The van der Waals surface area contributed by atoms with Crippen LogP contribution in [-0.4, -0.2) is 207 Å². The quantitative estimate of drug-likeness (QED) is 0.0295. The molecule has 0 amide bonds. The summed E-state index contributed by atoms with van der Waals surface area (Å²) in [6.07, 6.45) is -19.6. The zero-order valence-corrected chi connectivity index (χ0v) is 45.2. The highest BCUT2D eigenvalue weighted by atomic mass is 17.2. The average Bonchev–Trinajstić information content (AvgIpc) is 0.917. The van der Waals surface area contributed by atoms with Crippen LogP contribution in [0.4, 0.5) is 0 Å². The molecule has 5 aromatic carbocycles. The fourth-order valence-corrected chi connectivity index (χ4v) is 10.7. The van der Waals surface area contributed by atoms with Crippen LogP contribution in [0.5, 0.6) is 103 Å². The molecule has 5 aromatic rings. The third kappa shape index (κ3) is 9.53. The zero-order valence-electron chi connectivity index (χ0n) is 45.2. The molecule has 478 valence electrons. The van der Waals surface area contributed by atoms with E-state index in [4.69, 9.17) is 57.4 Å². The number of aliphatic hydroxyl groups is 6.